The minimum Gasteiger partial charge on any atom is -0.353 e. The number of hydrogen-bond acceptors (Lipinski definition) is 2. The van der Waals surface area contributed by atoms with Crippen molar-refractivity contribution in [2.24, 2.45) is 0 Å². The monoisotopic (exact) mass is 236 g/mol. The predicted molar refractivity (Wildman–Crippen MR) is 70.1 cm³/mol. The van der Waals surface area contributed by atoms with Crippen molar-refractivity contribution in [3.63, 3.8) is 0 Å². The number of likely N-dealkylation sites (tertiary alicyclic amines) is 1. The van der Waals surface area contributed by atoms with Crippen molar-refractivity contribution in [3.05, 3.63) is 28.5 Å². The summed E-state index contributed by atoms with van der Waals surface area (Å²) >= 11 is 5.08. The molecule has 0 aromatic carbocycles. The summed E-state index contributed by atoms with van der Waals surface area (Å²) in [6, 6.07) is 4.78. The van der Waals surface area contributed by atoms with Crippen LogP contribution in [0.2, 0.25) is 0 Å². The third-order valence-electron chi connectivity index (χ3n) is 3.36. The Morgan fingerprint density at radius 1 is 1.50 bits per heavy atom. The molecular weight excluding hydrogens is 216 g/mol. The van der Waals surface area contributed by atoms with Gasteiger partial charge in [-0.1, -0.05) is 31.6 Å². The number of aromatic amines is 1. The first kappa shape index (κ1) is 11.8. The lowest BCUT2D eigenvalue weighted by atomic mass is 10.1. The second-order valence-corrected chi connectivity index (χ2v) is 4.97. The highest BCUT2D eigenvalue weighted by molar-refractivity contribution is 7.71. The summed E-state index contributed by atoms with van der Waals surface area (Å²) < 4.78 is 0.821. The Kier molecular flexibility index (Phi) is 4.13. The van der Waals surface area contributed by atoms with Crippen LogP contribution in [-0.4, -0.2) is 23.0 Å². The molecule has 0 aliphatic carbocycles. The number of pyridine rings is 1. The molecule has 0 saturated carbocycles. The van der Waals surface area contributed by atoms with E-state index in [1.54, 1.807) is 0 Å². The van der Waals surface area contributed by atoms with Crippen molar-refractivity contribution in [2.75, 3.05) is 13.1 Å². The van der Waals surface area contributed by atoms with Crippen LogP contribution >= 0.6 is 12.2 Å². The maximum Gasteiger partial charge on any atom is 0.103 e. The Morgan fingerprint density at radius 3 is 3.06 bits per heavy atom. The first-order valence-electron chi connectivity index (χ1n) is 6.24. The van der Waals surface area contributed by atoms with Gasteiger partial charge in [0.05, 0.1) is 0 Å². The molecule has 1 aromatic heterocycles. The van der Waals surface area contributed by atoms with Crippen molar-refractivity contribution < 1.29 is 0 Å². The predicted octanol–water partition coefficient (Wildman–Crippen LogP) is 3.68. The highest BCUT2D eigenvalue weighted by Gasteiger charge is 2.24. The molecule has 0 unspecified atom stereocenters. The van der Waals surface area contributed by atoms with Crippen molar-refractivity contribution >= 4 is 12.2 Å². The molecule has 1 saturated heterocycles. The Balaban J connectivity index is 2.07. The summed E-state index contributed by atoms with van der Waals surface area (Å²) in [6.07, 6.45) is 7.27. The van der Waals surface area contributed by atoms with Crippen LogP contribution < -0.4 is 0 Å². The third kappa shape index (κ3) is 2.71. The number of nitrogens with one attached hydrogen (secondary N) is 1. The van der Waals surface area contributed by atoms with Crippen LogP contribution in [0, 0.1) is 4.64 Å². The topological polar surface area (TPSA) is 19.0 Å². The zero-order valence-corrected chi connectivity index (χ0v) is 10.7. The van der Waals surface area contributed by atoms with Crippen LogP contribution in [0.4, 0.5) is 0 Å². The van der Waals surface area contributed by atoms with E-state index in [2.05, 4.69) is 29.1 Å². The molecular formula is C13H20N2S. The van der Waals surface area contributed by atoms with E-state index in [-0.39, 0.29) is 0 Å². The fraction of sp³-hybridized carbons (Fsp3) is 0.615. The van der Waals surface area contributed by atoms with Gasteiger partial charge in [-0.3, -0.25) is 4.90 Å². The fourth-order valence-corrected chi connectivity index (χ4v) is 2.59. The highest BCUT2D eigenvalue weighted by Crippen LogP contribution is 2.31. The number of H-pyrrole nitrogens is 1. The van der Waals surface area contributed by atoms with Gasteiger partial charge in [-0.15, -0.1) is 0 Å². The van der Waals surface area contributed by atoms with Crippen LogP contribution in [0.25, 0.3) is 0 Å². The summed E-state index contributed by atoms with van der Waals surface area (Å²) in [5.74, 6) is 0. The van der Waals surface area contributed by atoms with Gasteiger partial charge in [0, 0.05) is 12.2 Å². The lowest BCUT2D eigenvalue weighted by molar-refractivity contribution is 0.253. The minimum absolute atomic E-state index is 0.610. The average molecular weight is 236 g/mol. The third-order valence-corrected chi connectivity index (χ3v) is 3.61. The van der Waals surface area contributed by atoms with E-state index in [4.69, 9.17) is 12.2 Å². The highest BCUT2D eigenvalue weighted by atomic mass is 32.1. The second-order valence-electron chi connectivity index (χ2n) is 4.53. The largest absolute Gasteiger partial charge is 0.353 e. The molecule has 1 fully saturated rings. The SMILES string of the molecule is CCCCN1CCC[C@@H]1c1ccc(=S)[nH]c1. The summed E-state index contributed by atoms with van der Waals surface area (Å²) in [5.41, 5.74) is 1.39. The molecule has 1 aromatic rings. The standard InChI is InChI=1S/C13H20N2S/c1-2-3-8-15-9-4-5-12(15)11-6-7-13(16)14-10-11/h6-7,10,12H,2-5,8-9H2,1H3,(H,14,16)/t12-/m1/s1. The number of unbranched alkanes of at least 4 members (excludes halogenated alkanes) is 1. The normalized spacial score (nSPS) is 21.4. The van der Waals surface area contributed by atoms with Gasteiger partial charge in [0.2, 0.25) is 0 Å². The summed E-state index contributed by atoms with van der Waals surface area (Å²) in [7, 11) is 0. The van der Waals surface area contributed by atoms with Gasteiger partial charge >= 0.3 is 0 Å². The zero-order chi connectivity index (χ0) is 11.4. The summed E-state index contributed by atoms with van der Waals surface area (Å²) in [6.45, 7) is 4.74. The van der Waals surface area contributed by atoms with Crippen LogP contribution in [0.1, 0.15) is 44.2 Å². The first-order valence-corrected chi connectivity index (χ1v) is 6.65. The van der Waals surface area contributed by atoms with E-state index >= 15 is 0 Å². The van der Waals surface area contributed by atoms with Gasteiger partial charge in [-0.2, -0.15) is 0 Å². The molecule has 1 N–H and O–H groups in total. The molecule has 1 aliphatic rings. The molecule has 2 nitrogen and oxygen atoms in total. The molecule has 1 atom stereocenters. The Morgan fingerprint density at radius 2 is 2.38 bits per heavy atom. The Hall–Kier alpha value is -0.670. The minimum atomic E-state index is 0.610. The molecule has 3 heteroatoms. The Bertz CT molecular complexity index is 365. The van der Waals surface area contributed by atoms with E-state index in [0.29, 0.717) is 6.04 Å². The molecule has 2 rings (SSSR count). The van der Waals surface area contributed by atoms with Crippen LogP contribution in [-0.2, 0) is 0 Å². The van der Waals surface area contributed by atoms with E-state index in [1.807, 2.05) is 6.07 Å². The molecule has 0 amide bonds. The smallest absolute Gasteiger partial charge is 0.103 e. The van der Waals surface area contributed by atoms with E-state index < -0.39 is 0 Å². The van der Waals surface area contributed by atoms with Gasteiger partial charge in [0.25, 0.3) is 0 Å². The summed E-state index contributed by atoms with van der Waals surface area (Å²) in [4.78, 5) is 5.75. The average Bonchev–Trinajstić information content (AvgIpc) is 2.75. The lowest BCUT2D eigenvalue weighted by Gasteiger charge is -2.24. The van der Waals surface area contributed by atoms with Crippen molar-refractivity contribution in [3.8, 4) is 0 Å². The number of hydrogen-bond donors (Lipinski definition) is 1. The van der Waals surface area contributed by atoms with E-state index in [9.17, 15) is 0 Å². The van der Waals surface area contributed by atoms with Crippen molar-refractivity contribution in [2.45, 2.75) is 38.6 Å². The molecule has 0 spiro atoms. The van der Waals surface area contributed by atoms with Crippen molar-refractivity contribution in [1.29, 1.82) is 0 Å². The van der Waals surface area contributed by atoms with Crippen LogP contribution in [0.3, 0.4) is 0 Å². The first-order chi connectivity index (χ1) is 7.81. The molecule has 1 aliphatic heterocycles. The van der Waals surface area contributed by atoms with Gasteiger partial charge in [0.1, 0.15) is 4.64 Å². The Labute approximate surface area is 103 Å². The number of nitrogens with zero attached hydrogens (tertiary/aromatic N) is 1. The van der Waals surface area contributed by atoms with Gasteiger partial charge in [-0.05, 0) is 44.0 Å². The van der Waals surface area contributed by atoms with Gasteiger partial charge in [0.15, 0.2) is 0 Å². The fourth-order valence-electron chi connectivity index (χ4n) is 2.46. The van der Waals surface area contributed by atoms with Crippen LogP contribution in [0.5, 0.6) is 0 Å². The van der Waals surface area contributed by atoms with Gasteiger partial charge < -0.3 is 4.98 Å². The second kappa shape index (κ2) is 5.60. The number of rotatable bonds is 4. The van der Waals surface area contributed by atoms with Gasteiger partial charge in [-0.25, -0.2) is 0 Å². The summed E-state index contributed by atoms with van der Waals surface area (Å²) in [5, 5.41) is 0. The van der Waals surface area contributed by atoms with Crippen LogP contribution in [0.15, 0.2) is 18.3 Å². The maximum atomic E-state index is 5.08. The zero-order valence-electron chi connectivity index (χ0n) is 9.91. The molecule has 16 heavy (non-hydrogen) atoms. The number of aromatic nitrogens is 1. The van der Waals surface area contributed by atoms with E-state index in [1.165, 1.54) is 44.3 Å². The molecule has 0 radical (unpaired) electrons. The van der Waals surface area contributed by atoms with E-state index in [0.717, 1.165) is 4.64 Å². The molecule has 0 bridgehead atoms. The van der Waals surface area contributed by atoms with Crippen molar-refractivity contribution in [1.82, 2.24) is 9.88 Å². The molecule has 88 valence electrons. The quantitative estimate of drug-likeness (QED) is 0.804. The lowest BCUT2D eigenvalue weighted by Crippen LogP contribution is -2.24. The molecule has 2 heterocycles. The maximum absolute atomic E-state index is 5.08.